The molecule has 1 saturated carbocycles. The fourth-order valence-corrected chi connectivity index (χ4v) is 1.28. The van der Waals surface area contributed by atoms with E-state index in [1.165, 1.54) is 7.11 Å². The predicted octanol–water partition coefficient (Wildman–Crippen LogP) is -0.0736. The summed E-state index contributed by atoms with van der Waals surface area (Å²) in [6, 6.07) is 0.289. The van der Waals surface area contributed by atoms with Gasteiger partial charge in [-0.1, -0.05) is 0 Å². The van der Waals surface area contributed by atoms with Gasteiger partial charge in [0.25, 0.3) is 0 Å². The lowest BCUT2D eigenvalue weighted by Gasteiger charge is -2.34. The van der Waals surface area contributed by atoms with Gasteiger partial charge in [-0.15, -0.1) is 0 Å². The lowest BCUT2D eigenvalue weighted by molar-refractivity contribution is -0.127. The first kappa shape index (κ1) is 9.48. The zero-order valence-corrected chi connectivity index (χ0v) is 7.50. The van der Waals surface area contributed by atoms with Crippen molar-refractivity contribution in [1.29, 1.82) is 0 Å². The highest BCUT2D eigenvalue weighted by Crippen LogP contribution is 2.22. The first-order chi connectivity index (χ1) is 5.76. The van der Waals surface area contributed by atoms with Gasteiger partial charge in [0.2, 0.25) is 5.91 Å². The van der Waals surface area contributed by atoms with E-state index < -0.39 is 0 Å². The molecule has 1 aliphatic rings. The molecule has 0 aromatic carbocycles. The van der Waals surface area contributed by atoms with Crippen LogP contribution in [0.4, 0.5) is 0 Å². The Labute approximate surface area is 72.2 Å². The minimum absolute atomic E-state index is 0.0444. The summed E-state index contributed by atoms with van der Waals surface area (Å²) in [5, 5.41) is 2.84. The van der Waals surface area contributed by atoms with Crippen LogP contribution < -0.4 is 5.32 Å². The molecule has 0 bridgehead atoms. The van der Waals surface area contributed by atoms with Crippen LogP contribution in [0.3, 0.4) is 0 Å². The molecular weight excluding hydrogens is 158 g/mol. The summed E-state index contributed by atoms with van der Waals surface area (Å²) in [6.07, 6.45) is 2.18. The molecule has 0 radical (unpaired) electrons. The summed E-state index contributed by atoms with van der Waals surface area (Å²) in [6.45, 7) is 0.147. The molecule has 0 aliphatic heterocycles. The molecule has 0 spiro atoms. The van der Waals surface area contributed by atoms with Gasteiger partial charge in [0.1, 0.15) is 6.61 Å². The number of hydrogen-bond acceptors (Lipinski definition) is 3. The fourth-order valence-electron chi connectivity index (χ4n) is 1.28. The van der Waals surface area contributed by atoms with E-state index in [-0.39, 0.29) is 18.6 Å². The summed E-state index contributed by atoms with van der Waals surface area (Å²) < 4.78 is 9.76. The molecule has 1 aliphatic carbocycles. The lowest BCUT2D eigenvalue weighted by atomic mass is 9.89. The van der Waals surface area contributed by atoms with Crippen LogP contribution in [-0.4, -0.2) is 38.9 Å². The van der Waals surface area contributed by atoms with Gasteiger partial charge >= 0.3 is 0 Å². The van der Waals surface area contributed by atoms with E-state index >= 15 is 0 Å². The molecule has 70 valence electrons. The largest absolute Gasteiger partial charge is 0.381 e. The fraction of sp³-hybridized carbons (Fsp3) is 0.875. The monoisotopic (exact) mass is 173 g/mol. The Morgan fingerprint density at radius 1 is 1.50 bits per heavy atom. The maximum Gasteiger partial charge on any atom is 0.246 e. The zero-order chi connectivity index (χ0) is 8.97. The minimum Gasteiger partial charge on any atom is -0.381 e. The molecule has 0 atom stereocenters. The smallest absolute Gasteiger partial charge is 0.246 e. The van der Waals surface area contributed by atoms with Crippen molar-refractivity contribution in [2.24, 2.45) is 0 Å². The van der Waals surface area contributed by atoms with E-state index in [0.29, 0.717) is 6.10 Å². The third kappa shape index (κ3) is 2.46. The molecule has 0 aromatic rings. The maximum absolute atomic E-state index is 11.0. The molecular formula is C8H15NO3. The first-order valence-electron chi connectivity index (χ1n) is 4.07. The maximum atomic E-state index is 11.0. The van der Waals surface area contributed by atoms with E-state index in [1.54, 1.807) is 7.11 Å². The third-order valence-electron chi connectivity index (χ3n) is 2.07. The van der Waals surface area contributed by atoms with Crippen molar-refractivity contribution in [3.8, 4) is 0 Å². The molecule has 1 amide bonds. The summed E-state index contributed by atoms with van der Waals surface area (Å²) in [4.78, 5) is 11.0. The van der Waals surface area contributed by atoms with Crippen molar-refractivity contribution in [2.75, 3.05) is 20.8 Å². The standard InChI is InChI=1S/C8H15NO3/c1-11-5-8(10)9-6-3-7(4-6)12-2/h6-7H,3-5H2,1-2H3,(H,9,10). The molecule has 1 N–H and O–H groups in total. The van der Waals surface area contributed by atoms with E-state index in [1.807, 2.05) is 0 Å². The quantitative estimate of drug-likeness (QED) is 0.647. The van der Waals surface area contributed by atoms with Gasteiger partial charge in [0.15, 0.2) is 0 Å². The molecule has 0 saturated heterocycles. The Hall–Kier alpha value is -0.610. The molecule has 4 nitrogen and oxygen atoms in total. The van der Waals surface area contributed by atoms with Gasteiger partial charge in [0, 0.05) is 20.3 Å². The Bertz CT molecular complexity index is 154. The number of rotatable bonds is 4. The Kier molecular flexibility index (Phi) is 3.49. The van der Waals surface area contributed by atoms with Crippen molar-refractivity contribution in [3.63, 3.8) is 0 Å². The van der Waals surface area contributed by atoms with Gasteiger partial charge < -0.3 is 14.8 Å². The molecule has 1 fully saturated rings. The van der Waals surface area contributed by atoms with Gasteiger partial charge in [-0.2, -0.15) is 0 Å². The van der Waals surface area contributed by atoms with Gasteiger partial charge in [-0.25, -0.2) is 0 Å². The lowest BCUT2D eigenvalue weighted by Crippen LogP contribution is -2.48. The summed E-state index contributed by atoms with van der Waals surface area (Å²) in [7, 11) is 3.20. The highest BCUT2D eigenvalue weighted by atomic mass is 16.5. The van der Waals surface area contributed by atoms with E-state index in [9.17, 15) is 4.79 Å². The van der Waals surface area contributed by atoms with Crippen LogP contribution in [0.5, 0.6) is 0 Å². The Balaban J connectivity index is 2.06. The average molecular weight is 173 g/mol. The zero-order valence-electron chi connectivity index (χ0n) is 7.50. The normalized spacial score (nSPS) is 27.8. The Morgan fingerprint density at radius 2 is 2.17 bits per heavy atom. The van der Waals surface area contributed by atoms with Crippen LogP contribution in [0.15, 0.2) is 0 Å². The molecule has 1 rings (SSSR count). The number of nitrogens with one attached hydrogen (secondary N) is 1. The van der Waals surface area contributed by atoms with E-state index in [2.05, 4.69) is 10.1 Å². The number of carbonyl (C=O) groups is 1. The molecule has 0 aromatic heterocycles. The predicted molar refractivity (Wildman–Crippen MR) is 43.8 cm³/mol. The number of hydrogen-bond donors (Lipinski definition) is 1. The van der Waals surface area contributed by atoms with Crippen molar-refractivity contribution in [3.05, 3.63) is 0 Å². The average Bonchev–Trinajstić information content (AvgIpc) is 1.96. The van der Waals surface area contributed by atoms with Crippen LogP contribution in [0.2, 0.25) is 0 Å². The number of carbonyl (C=O) groups excluding carboxylic acids is 1. The van der Waals surface area contributed by atoms with Gasteiger partial charge in [0.05, 0.1) is 6.10 Å². The molecule has 0 heterocycles. The van der Waals surface area contributed by atoms with Crippen LogP contribution in [0, 0.1) is 0 Å². The topological polar surface area (TPSA) is 47.6 Å². The number of amides is 1. The van der Waals surface area contributed by atoms with Crippen LogP contribution >= 0.6 is 0 Å². The molecule has 0 unspecified atom stereocenters. The van der Waals surface area contributed by atoms with Crippen molar-refractivity contribution in [2.45, 2.75) is 25.0 Å². The van der Waals surface area contributed by atoms with Gasteiger partial charge in [-0.3, -0.25) is 4.79 Å². The van der Waals surface area contributed by atoms with Crippen molar-refractivity contribution in [1.82, 2.24) is 5.32 Å². The second-order valence-electron chi connectivity index (χ2n) is 3.03. The first-order valence-corrected chi connectivity index (χ1v) is 4.07. The van der Waals surface area contributed by atoms with Crippen LogP contribution in [-0.2, 0) is 14.3 Å². The third-order valence-corrected chi connectivity index (χ3v) is 2.07. The Morgan fingerprint density at radius 3 is 2.67 bits per heavy atom. The van der Waals surface area contributed by atoms with Gasteiger partial charge in [-0.05, 0) is 12.8 Å². The molecule has 4 heteroatoms. The van der Waals surface area contributed by atoms with Crippen molar-refractivity contribution < 1.29 is 14.3 Å². The van der Waals surface area contributed by atoms with Crippen molar-refractivity contribution >= 4 is 5.91 Å². The van der Waals surface area contributed by atoms with E-state index in [0.717, 1.165) is 12.8 Å². The number of ether oxygens (including phenoxy) is 2. The summed E-state index contributed by atoms with van der Waals surface area (Å²) in [5.74, 6) is -0.0444. The summed E-state index contributed by atoms with van der Waals surface area (Å²) in [5.41, 5.74) is 0. The van der Waals surface area contributed by atoms with E-state index in [4.69, 9.17) is 4.74 Å². The minimum atomic E-state index is -0.0444. The highest BCUT2D eigenvalue weighted by Gasteiger charge is 2.29. The van der Waals surface area contributed by atoms with Crippen LogP contribution in [0.25, 0.3) is 0 Å². The van der Waals surface area contributed by atoms with Crippen LogP contribution in [0.1, 0.15) is 12.8 Å². The number of methoxy groups -OCH3 is 2. The second-order valence-corrected chi connectivity index (χ2v) is 3.03. The molecule has 12 heavy (non-hydrogen) atoms. The summed E-state index contributed by atoms with van der Waals surface area (Å²) >= 11 is 0. The highest BCUT2D eigenvalue weighted by molar-refractivity contribution is 5.77. The second kappa shape index (κ2) is 4.42. The SMILES string of the molecule is COCC(=O)NC1CC(OC)C1.